The molecule has 0 aromatic heterocycles. The molecule has 1 heterocycles. The Hall–Kier alpha value is -3.86. The van der Waals surface area contributed by atoms with Crippen LogP contribution in [0.4, 0.5) is 5.69 Å². The smallest absolute Gasteiger partial charge is 0.300 e. The van der Waals surface area contributed by atoms with E-state index in [1.165, 1.54) is 4.90 Å². The third-order valence-electron chi connectivity index (χ3n) is 5.62. The normalized spacial score (nSPS) is 17.6. The molecule has 0 saturated carbocycles. The maximum Gasteiger partial charge on any atom is 0.300 e. The highest BCUT2D eigenvalue weighted by molar-refractivity contribution is 6.51. The standard InChI is InChI=1S/C27H25NO4/c1-4-32-22-15-12-20(16-18(22)3)25(29)23-24(19-8-6-5-7-9-19)28(27(31)26(23)30)21-13-10-17(2)11-14-21/h5-16,24,29H,4H2,1-3H3/b25-23-. The molecule has 1 saturated heterocycles. The first-order valence-corrected chi connectivity index (χ1v) is 10.6. The topological polar surface area (TPSA) is 66.8 Å². The highest BCUT2D eigenvalue weighted by Gasteiger charge is 2.46. The number of aryl methyl sites for hydroxylation is 2. The van der Waals surface area contributed by atoms with E-state index in [-0.39, 0.29) is 11.3 Å². The molecule has 1 aliphatic rings. The van der Waals surface area contributed by atoms with Crippen molar-refractivity contribution >= 4 is 23.1 Å². The van der Waals surface area contributed by atoms with Gasteiger partial charge in [-0.15, -0.1) is 0 Å². The quantitative estimate of drug-likeness (QED) is 0.340. The van der Waals surface area contributed by atoms with Gasteiger partial charge in [0, 0.05) is 11.3 Å². The largest absolute Gasteiger partial charge is 0.507 e. The van der Waals surface area contributed by atoms with E-state index in [0.717, 1.165) is 16.7 Å². The van der Waals surface area contributed by atoms with Crippen LogP contribution in [0.1, 0.15) is 35.2 Å². The third-order valence-corrected chi connectivity index (χ3v) is 5.62. The molecule has 0 bridgehead atoms. The number of aliphatic hydroxyl groups is 1. The summed E-state index contributed by atoms with van der Waals surface area (Å²) in [5.74, 6) is -0.850. The number of amides is 1. The predicted octanol–water partition coefficient (Wildman–Crippen LogP) is 5.33. The van der Waals surface area contributed by atoms with Crippen LogP contribution >= 0.6 is 0 Å². The second-order valence-corrected chi connectivity index (χ2v) is 7.83. The van der Waals surface area contributed by atoms with Crippen LogP contribution in [0.3, 0.4) is 0 Å². The fourth-order valence-electron chi connectivity index (χ4n) is 4.02. The van der Waals surface area contributed by atoms with Gasteiger partial charge in [0.05, 0.1) is 18.2 Å². The number of hydrogen-bond acceptors (Lipinski definition) is 4. The average molecular weight is 428 g/mol. The molecule has 4 rings (SSSR count). The number of ether oxygens (including phenoxy) is 1. The van der Waals surface area contributed by atoms with Crippen molar-refractivity contribution < 1.29 is 19.4 Å². The van der Waals surface area contributed by atoms with Crippen LogP contribution in [0, 0.1) is 13.8 Å². The number of anilines is 1. The fourth-order valence-corrected chi connectivity index (χ4v) is 4.02. The van der Waals surface area contributed by atoms with Crippen molar-refractivity contribution in [3.05, 3.63) is 101 Å². The Kier molecular flexibility index (Phi) is 5.82. The Bertz CT molecular complexity index is 1200. The summed E-state index contributed by atoms with van der Waals surface area (Å²) >= 11 is 0. The molecule has 1 fully saturated rings. The number of ketones is 1. The van der Waals surface area contributed by atoms with Crippen molar-refractivity contribution in [3.8, 4) is 5.75 Å². The zero-order valence-corrected chi connectivity index (χ0v) is 18.3. The van der Waals surface area contributed by atoms with Crippen LogP contribution in [0.2, 0.25) is 0 Å². The molecule has 1 aliphatic heterocycles. The van der Waals surface area contributed by atoms with E-state index in [9.17, 15) is 14.7 Å². The van der Waals surface area contributed by atoms with Crippen LogP contribution in [0.15, 0.2) is 78.4 Å². The van der Waals surface area contributed by atoms with Crippen molar-refractivity contribution in [1.82, 2.24) is 0 Å². The van der Waals surface area contributed by atoms with Crippen molar-refractivity contribution in [2.75, 3.05) is 11.5 Å². The average Bonchev–Trinajstić information content (AvgIpc) is 3.06. The number of Topliss-reactive ketones (excluding diaryl/α,β-unsaturated/α-hetero) is 1. The molecule has 5 heteroatoms. The van der Waals surface area contributed by atoms with Crippen LogP contribution in [0.25, 0.3) is 5.76 Å². The van der Waals surface area contributed by atoms with Crippen LogP contribution in [0.5, 0.6) is 5.75 Å². The van der Waals surface area contributed by atoms with Gasteiger partial charge >= 0.3 is 0 Å². The lowest BCUT2D eigenvalue weighted by atomic mass is 9.94. The lowest BCUT2D eigenvalue weighted by Crippen LogP contribution is -2.29. The number of nitrogens with zero attached hydrogens (tertiary/aromatic N) is 1. The molecule has 0 aliphatic carbocycles. The molecular weight excluding hydrogens is 402 g/mol. The Morgan fingerprint density at radius 1 is 0.969 bits per heavy atom. The van der Waals surface area contributed by atoms with Crippen LogP contribution in [-0.4, -0.2) is 23.4 Å². The van der Waals surface area contributed by atoms with Crippen molar-refractivity contribution in [2.24, 2.45) is 0 Å². The van der Waals surface area contributed by atoms with E-state index >= 15 is 0 Å². The molecule has 5 nitrogen and oxygen atoms in total. The molecule has 3 aromatic rings. The monoisotopic (exact) mass is 427 g/mol. The second kappa shape index (κ2) is 8.71. The molecule has 1 atom stereocenters. The molecular formula is C27H25NO4. The summed E-state index contributed by atoms with van der Waals surface area (Å²) in [6.07, 6.45) is 0. The van der Waals surface area contributed by atoms with Gasteiger partial charge in [-0.1, -0.05) is 48.0 Å². The summed E-state index contributed by atoms with van der Waals surface area (Å²) in [6.45, 7) is 6.27. The van der Waals surface area contributed by atoms with Crippen molar-refractivity contribution in [1.29, 1.82) is 0 Å². The van der Waals surface area contributed by atoms with E-state index in [2.05, 4.69) is 0 Å². The van der Waals surface area contributed by atoms with E-state index in [1.807, 2.05) is 75.4 Å². The summed E-state index contributed by atoms with van der Waals surface area (Å²) in [6, 6.07) is 21.2. The van der Waals surface area contributed by atoms with E-state index < -0.39 is 17.7 Å². The molecule has 162 valence electrons. The number of benzene rings is 3. The van der Waals surface area contributed by atoms with Gasteiger partial charge in [0.2, 0.25) is 0 Å². The minimum Gasteiger partial charge on any atom is -0.507 e. The lowest BCUT2D eigenvalue weighted by Gasteiger charge is -2.25. The van der Waals surface area contributed by atoms with Gasteiger partial charge in [-0.05, 0) is 62.2 Å². The Morgan fingerprint density at radius 2 is 1.66 bits per heavy atom. The first kappa shape index (κ1) is 21.4. The van der Waals surface area contributed by atoms with Gasteiger partial charge in [-0.2, -0.15) is 0 Å². The minimum absolute atomic E-state index is 0.0744. The maximum absolute atomic E-state index is 13.2. The van der Waals surface area contributed by atoms with E-state index in [0.29, 0.717) is 23.6 Å². The maximum atomic E-state index is 13.2. The number of rotatable bonds is 5. The molecule has 0 spiro atoms. The van der Waals surface area contributed by atoms with E-state index in [1.54, 1.807) is 18.2 Å². The van der Waals surface area contributed by atoms with Crippen LogP contribution < -0.4 is 9.64 Å². The van der Waals surface area contributed by atoms with Gasteiger partial charge < -0.3 is 9.84 Å². The Labute approximate surface area is 187 Å². The summed E-state index contributed by atoms with van der Waals surface area (Å²) < 4.78 is 5.58. The molecule has 1 unspecified atom stereocenters. The number of aliphatic hydroxyl groups excluding tert-OH is 1. The SMILES string of the molecule is CCOc1ccc(/C(O)=C2/C(=O)C(=O)N(c3ccc(C)cc3)C2c2ccccc2)cc1C. The minimum atomic E-state index is -0.731. The Morgan fingerprint density at radius 3 is 2.28 bits per heavy atom. The zero-order chi connectivity index (χ0) is 22.8. The highest BCUT2D eigenvalue weighted by Crippen LogP contribution is 2.42. The predicted molar refractivity (Wildman–Crippen MR) is 125 cm³/mol. The first-order chi connectivity index (χ1) is 15.4. The highest BCUT2D eigenvalue weighted by atomic mass is 16.5. The van der Waals surface area contributed by atoms with Gasteiger partial charge in [0.15, 0.2) is 0 Å². The lowest BCUT2D eigenvalue weighted by molar-refractivity contribution is -0.132. The number of carbonyl (C=O) groups is 2. The number of hydrogen-bond donors (Lipinski definition) is 1. The third kappa shape index (κ3) is 3.78. The van der Waals surface area contributed by atoms with Gasteiger partial charge in [-0.3, -0.25) is 14.5 Å². The molecule has 0 radical (unpaired) electrons. The van der Waals surface area contributed by atoms with Crippen LogP contribution in [-0.2, 0) is 9.59 Å². The fraction of sp³-hybridized carbons (Fsp3) is 0.185. The molecule has 3 aromatic carbocycles. The number of carbonyl (C=O) groups excluding carboxylic acids is 2. The van der Waals surface area contributed by atoms with Crippen molar-refractivity contribution in [3.63, 3.8) is 0 Å². The van der Waals surface area contributed by atoms with Crippen molar-refractivity contribution in [2.45, 2.75) is 26.8 Å². The summed E-state index contributed by atoms with van der Waals surface area (Å²) in [5, 5.41) is 11.2. The van der Waals surface area contributed by atoms with Gasteiger partial charge in [0.25, 0.3) is 11.7 Å². The molecule has 1 amide bonds. The molecule has 1 N–H and O–H groups in total. The second-order valence-electron chi connectivity index (χ2n) is 7.83. The summed E-state index contributed by atoms with van der Waals surface area (Å²) in [4.78, 5) is 27.8. The summed E-state index contributed by atoms with van der Waals surface area (Å²) in [7, 11) is 0. The zero-order valence-electron chi connectivity index (χ0n) is 18.3. The van der Waals surface area contributed by atoms with Gasteiger partial charge in [0.1, 0.15) is 11.5 Å². The first-order valence-electron chi connectivity index (χ1n) is 10.6. The summed E-state index contributed by atoms with van der Waals surface area (Å²) in [5.41, 5.74) is 3.77. The van der Waals surface area contributed by atoms with Gasteiger partial charge in [-0.25, -0.2) is 0 Å². The Balaban J connectivity index is 1.89. The van der Waals surface area contributed by atoms with E-state index in [4.69, 9.17) is 4.74 Å². The molecule has 32 heavy (non-hydrogen) atoms.